The van der Waals surface area contributed by atoms with Crippen LogP contribution in [0.1, 0.15) is 48.4 Å². The summed E-state index contributed by atoms with van der Waals surface area (Å²) < 4.78 is 27.3. The zero-order valence-corrected chi connectivity index (χ0v) is 16.6. The number of anilines is 1. The van der Waals surface area contributed by atoms with E-state index < -0.39 is 23.2 Å². The first-order valence-corrected chi connectivity index (χ1v) is 10.0. The van der Waals surface area contributed by atoms with Gasteiger partial charge in [0.1, 0.15) is 23.2 Å². The molecule has 1 N–H and O–H groups in total. The van der Waals surface area contributed by atoms with Crippen molar-refractivity contribution in [2.75, 3.05) is 11.4 Å². The maximum absolute atomic E-state index is 13.6. The number of ketones is 1. The van der Waals surface area contributed by atoms with Gasteiger partial charge in [0.2, 0.25) is 5.91 Å². The van der Waals surface area contributed by atoms with Gasteiger partial charge in [-0.1, -0.05) is 0 Å². The van der Waals surface area contributed by atoms with Crippen LogP contribution in [-0.4, -0.2) is 39.4 Å². The number of hydrogen-bond donors (Lipinski definition) is 1. The lowest BCUT2D eigenvalue weighted by Crippen LogP contribution is -2.43. The van der Waals surface area contributed by atoms with E-state index in [-0.39, 0.29) is 36.1 Å². The average molecular weight is 415 g/mol. The highest BCUT2D eigenvalue weighted by Crippen LogP contribution is 2.49. The lowest BCUT2D eigenvalue weighted by atomic mass is 9.66. The molecule has 1 aliphatic heterocycles. The molecule has 6 nitrogen and oxygen atoms in total. The van der Waals surface area contributed by atoms with Crippen LogP contribution < -0.4 is 4.90 Å². The van der Waals surface area contributed by atoms with E-state index in [1.54, 1.807) is 13.0 Å². The molecule has 1 aromatic carbocycles. The van der Waals surface area contributed by atoms with E-state index in [9.17, 15) is 23.5 Å². The van der Waals surface area contributed by atoms with Crippen LogP contribution in [0.4, 0.5) is 14.5 Å². The number of benzene rings is 1. The van der Waals surface area contributed by atoms with Gasteiger partial charge in [0.25, 0.3) is 0 Å². The Labute approximate surface area is 173 Å². The summed E-state index contributed by atoms with van der Waals surface area (Å²) in [5, 5.41) is 10.5. The number of amides is 1. The largest absolute Gasteiger partial charge is 0.393 e. The number of nitrogens with zero attached hydrogens (tertiary/aromatic N) is 3. The summed E-state index contributed by atoms with van der Waals surface area (Å²) >= 11 is 0. The first kappa shape index (κ1) is 20.5. The highest BCUT2D eigenvalue weighted by atomic mass is 19.1. The van der Waals surface area contributed by atoms with Gasteiger partial charge in [0.05, 0.1) is 11.5 Å². The molecule has 1 saturated carbocycles. The standard InChI is InChI=1S/C22H23F2N3O3/c1-13-25-4-2-19(26-13)20(29)7-14-6-18(28)12-22(11-14)3-5-27(21(22)30)17-9-15(23)8-16(24)10-17/h2,4,8-10,14,18,28H,3,5-7,11-12H2,1H3/t14-,18+,22+/m0/s1. The van der Waals surface area contributed by atoms with E-state index in [4.69, 9.17) is 0 Å². The molecule has 2 heterocycles. The Kier molecular flexibility index (Phi) is 5.36. The van der Waals surface area contributed by atoms with Gasteiger partial charge in [-0.3, -0.25) is 9.59 Å². The number of aliphatic hydroxyl groups excluding tert-OH is 1. The van der Waals surface area contributed by atoms with Crippen LogP contribution in [0.25, 0.3) is 0 Å². The Hall–Kier alpha value is -2.74. The molecule has 3 atom stereocenters. The number of aromatic nitrogens is 2. The van der Waals surface area contributed by atoms with E-state index in [1.165, 1.54) is 11.1 Å². The molecule has 1 aromatic heterocycles. The van der Waals surface area contributed by atoms with Crippen molar-refractivity contribution < 1.29 is 23.5 Å². The summed E-state index contributed by atoms with van der Waals surface area (Å²) in [6.45, 7) is 2.03. The number of carbonyl (C=O) groups is 2. The minimum absolute atomic E-state index is 0.149. The maximum atomic E-state index is 13.6. The molecule has 2 fully saturated rings. The van der Waals surface area contributed by atoms with E-state index in [2.05, 4.69) is 9.97 Å². The molecule has 4 rings (SSSR count). The quantitative estimate of drug-likeness (QED) is 0.776. The van der Waals surface area contributed by atoms with E-state index in [1.807, 2.05) is 0 Å². The van der Waals surface area contributed by atoms with Gasteiger partial charge in [-0.2, -0.15) is 0 Å². The molecule has 1 spiro atoms. The molecule has 8 heteroatoms. The minimum atomic E-state index is -0.826. The summed E-state index contributed by atoms with van der Waals surface area (Å²) in [5.41, 5.74) is -0.322. The van der Waals surface area contributed by atoms with Crippen LogP contribution in [0, 0.1) is 29.9 Å². The summed E-state index contributed by atoms with van der Waals surface area (Å²) in [6.07, 6.45) is 2.64. The van der Waals surface area contributed by atoms with Gasteiger partial charge in [-0.15, -0.1) is 0 Å². The fraction of sp³-hybridized carbons (Fsp3) is 0.455. The topological polar surface area (TPSA) is 83.4 Å². The van der Waals surface area contributed by atoms with E-state index >= 15 is 0 Å². The molecule has 1 saturated heterocycles. The third-order valence-corrected chi connectivity index (χ3v) is 6.12. The third-order valence-electron chi connectivity index (χ3n) is 6.12. The molecule has 2 aliphatic rings. The number of hydrogen-bond acceptors (Lipinski definition) is 5. The molecule has 2 aromatic rings. The SMILES string of the molecule is Cc1nccc(C(=O)C[C@@H]2C[C@@H](O)C[C@@]3(CCN(c4cc(F)cc(F)c4)C3=O)C2)n1. The fourth-order valence-corrected chi connectivity index (χ4v) is 4.91. The molecule has 1 aliphatic carbocycles. The van der Waals surface area contributed by atoms with Crippen molar-refractivity contribution in [3.8, 4) is 0 Å². The Bertz CT molecular complexity index is 979. The number of carbonyl (C=O) groups excluding carboxylic acids is 2. The lowest BCUT2D eigenvalue weighted by molar-refractivity contribution is -0.130. The van der Waals surface area contributed by atoms with Crippen molar-refractivity contribution >= 4 is 17.4 Å². The maximum Gasteiger partial charge on any atom is 0.233 e. The van der Waals surface area contributed by atoms with Gasteiger partial charge in [-0.05, 0) is 56.7 Å². The van der Waals surface area contributed by atoms with Crippen molar-refractivity contribution in [3.63, 3.8) is 0 Å². The molecule has 0 radical (unpaired) electrons. The number of aliphatic hydroxyl groups is 1. The zero-order valence-electron chi connectivity index (χ0n) is 16.6. The van der Waals surface area contributed by atoms with Crippen molar-refractivity contribution in [2.24, 2.45) is 11.3 Å². The van der Waals surface area contributed by atoms with Crippen LogP contribution in [0.5, 0.6) is 0 Å². The zero-order chi connectivity index (χ0) is 21.5. The van der Waals surface area contributed by atoms with E-state index in [0.29, 0.717) is 37.3 Å². The highest BCUT2D eigenvalue weighted by molar-refractivity contribution is 6.00. The molecule has 158 valence electrons. The minimum Gasteiger partial charge on any atom is -0.393 e. The molecule has 0 unspecified atom stereocenters. The van der Waals surface area contributed by atoms with E-state index in [0.717, 1.165) is 18.2 Å². The molecule has 30 heavy (non-hydrogen) atoms. The summed E-state index contributed by atoms with van der Waals surface area (Å²) in [5.74, 6) is -1.56. The Morgan fingerprint density at radius 3 is 2.70 bits per heavy atom. The number of aryl methyl sites for hydroxylation is 1. The molecule has 0 bridgehead atoms. The second kappa shape index (κ2) is 7.83. The third kappa shape index (κ3) is 3.96. The Balaban J connectivity index is 1.52. The van der Waals surface area contributed by atoms with Crippen molar-refractivity contribution in [1.82, 2.24) is 9.97 Å². The van der Waals surface area contributed by atoms with Crippen molar-refractivity contribution in [3.05, 3.63) is 53.6 Å². The summed E-state index contributed by atoms with van der Waals surface area (Å²) in [4.78, 5) is 35.5. The molecule has 1 amide bonds. The normalized spacial score (nSPS) is 26.4. The monoisotopic (exact) mass is 415 g/mol. The summed E-state index contributed by atoms with van der Waals surface area (Å²) in [7, 11) is 0. The van der Waals surface area contributed by atoms with Gasteiger partial charge >= 0.3 is 0 Å². The fourth-order valence-electron chi connectivity index (χ4n) is 4.91. The predicted octanol–water partition coefficient (Wildman–Crippen LogP) is 3.22. The second-order valence-corrected chi connectivity index (χ2v) is 8.39. The van der Waals surface area contributed by atoms with Gasteiger partial charge in [0, 0.05) is 30.9 Å². The second-order valence-electron chi connectivity index (χ2n) is 8.39. The van der Waals surface area contributed by atoms with Gasteiger partial charge in [0.15, 0.2) is 5.78 Å². The number of halogens is 2. The highest BCUT2D eigenvalue weighted by Gasteiger charge is 2.51. The van der Waals surface area contributed by atoms with Crippen LogP contribution in [0.3, 0.4) is 0 Å². The first-order chi connectivity index (χ1) is 14.3. The molecular formula is C22H23F2N3O3. The van der Waals surface area contributed by atoms with Crippen LogP contribution >= 0.6 is 0 Å². The van der Waals surface area contributed by atoms with Crippen molar-refractivity contribution in [1.29, 1.82) is 0 Å². The van der Waals surface area contributed by atoms with Crippen molar-refractivity contribution in [2.45, 2.75) is 45.1 Å². The first-order valence-electron chi connectivity index (χ1n) is 10.0. The van der Waals surface area contributed by atoms with Gasteiger partial charge in [-0.25, -0.2) is 18.7 Å². The van der Waals surface area contributed by atoms with Crippen LogP contribution in [0.2, 0.25) is 0 Å². The summed E-state index contributed by atoms with van der Waals surface area (Å²) in [6, 6.07) is 4.60. The Morgan fingerprint density at radius 2 is 2.00 bits per heavy atom. The Morgan fingerprint density at radius 1 is 1.27 bits per heavy atom. The smallest absolute Gasteiger partial charge is 0.233 e. The number of Topliss-reactive ketones (excluding diaryl/α,β-unsaturated/α-hetero) is 1. The molecular weight excluding hydrogens is 392 g/mol. The average Bonchev–Trinajstić information content (AvgIpc) is 2.96. The lowest BCUT2D eigenvalue weighted by Gasteiger charge is -2.39. The van der Waals surface area contributed by atoms with Gasteiger partial charge < -0.3 is 10.0 Å². The van der Waals surface area contributed by atoms with Crippen LogP contribution in [0.15, 0.2) is 30.5 Å². The predicted molar refractivity (Wildman–Crippen MR) is 105 cm³/mol. The number of rotatable bonds is 4. The van der Waals surface area contributed by atoms with Crippen LogP contribution in [-0.2, 0) is 4.79 Å².